The standard InChI is InChI=1S/C26H30N2O5S/c1-4-33-24-15-14-22(16-19(24)2)34(30,31)28-23(17-20-10-6-5-7-11-20)26(29)27-18-21-12-8-9-13-25(21)32-3/h5-16,23,28H,4,17-18H2,1-3H3,(H,27,29)/t23-/m1/s1. The molecule has 1 amide bonds. The Balaban J connectivity index is 1.82. The predicted octanol–water partition coefficient (Wildman–Crippen LogP) is 3.61. The van der Waals surface area contributed by atoms with Crippen molar-refractivity contribution in [3.05, 3.63) is 89.5 Å². The van der Waals surface area contributed by atoms with E-state index in [9.17, 15) is 13.2 Å². The van der Waals surface area contributed by atoms with Gasteiger partial charge in [0.1, 0.15) is 17.5 Å². The molecule has 8 heteroatoms. The second-order valence-corrected chi connectivity index (χ2v) is 9.47. The van der Waals surface area contributed by atoms with E-state index in [4.69, 9.17) is 9.47 Å². The van der Waals surface area contributed by atoms with Crippen molar-refractivity contribution >= 4 is 15.9 Å². The average Bonchev–Trinajstić information content (AvgIpc) is 2.84. The Bertz CT molecular complexity index is 1210. The van der Waals surface area contributed by atoms with Gasteiger partial charge in [0, 0.05) is 12.1 Å². The van der Waals surface area contributed by atoms with Crippen LogP contribution in [0.3, 0.4) is 0 Å². The average molecular weight is 483 g/mol. The third-order valence-electron chi connectivity index (χ3n) is 5.30. The molecule has 0 unspecified atom stereocenters. The van der Waals surface area contributed by atoms with E-state index in [0.717, 1.165) is 11.1 Å². The summed E-state index contributed by atoms with van der Waals surface area (Å²) in [6.45, 7) is 4.34. The van der Waals surface area contributed by atoms with Gasteiger partial charge in [-0.05, 0) is 55.7 Å². The first kappa shape index (κ1) is 25.3. The summed E-state index contributed by atoms with van der Waals surface area (Å²) in [6, 6.07) is 20.3. The Morgan fingerprint density at radius 2 is 1.68 bits per heavy atom. The van der Waals surface area contributed by atoms with Crippen molar-refractivity contribution < 1.29 is 22.7 Å². The number of hydrogen-bond donors (Lipinski definition) is 2. The van der Waals surface area contributed by atoms with Crippen molar-refractivity contribution in [2.24, 2.45) is 0 Å². The molecule has 0 aromatic heterocycles. The molecule has 0 aliphatic carbocycles. The molecular weight excluding hydrogens is 452 g/mol. The number of nitrogens with one attached hydrogen (secondary N) is 2. The maximum absolute atomic E-state index is 13.2. The molecule has 3 aromatic carbocycles. The van der Waals surface area contributed by atoms with Crippen molar-refractivity contribution in [2.45, 2.75) is 37.8 Å². The van der Waals surface area contributed by atoms with Gasteiger partial charge in [0.05, 0.1) is 18.6 Å². The zero-order valence-corrected chi connectivity index (χ0v) is 20.4. The van der Waals surface area contributed by atoms with E-state index < -0.39 is 22.0 Å². The monoisotopic (exact) mass is 482 g/mol. The van der Waals surface area contributed by atoms with E-state index >= 15 is 0 Å². The van der Waals surface area contributed by atoms with E-state index in [1.165, 1.54) is 6.07 Å². The maximum atomic E-state index is 13.2. The lowest BCUT2D eigenvalue weighted by Crippen LogP contribution is -2.47. The zero-order chi connectivity index (χ0) is 24.6. The maximum Gasteiger partial charge on any atom is 0.241 e. The van der Waals surface area contributed by atoms with Crippen molar-refractivity contribution in [1.82, 2.24) is 10.0 Å². The lowest BCUT2D eigenvalue weighted by molar-refractivity contribution is -0.122. The molecule has 0 fully saturated rings. The molecule has 0 saturated heterocycles. The summed E-state index contributed by atoms with van der Waals surface area (Å²) in [6.07, 6.45) is 0.202. The molecule has 0 aliphatic rings. The van der Waals surface area contributed by atoms with E-state index in [2.05, 4.69) is 10.0 Å². The van der Waals surface area contributed by atoms with Crippen molar-refractivity contribution in [1.29, 1.82) is 0 Å². The van der Waals surface area contributed by atoms with Crippen LogP contribution in [-0.4, -0.2) is 34.1 Å². The number of para-hydroxylation sites is 1. The van der Waals surface area contributed by atoms with Crippen LogP contribution in [0.5, 0.6) is 11.5 Å². The molecule has 2 N–H and O–H groups in total. The van der Waals surface area contributed by atoms with Crippen molar-refractivity contribution in [3.63, 3.8) is 0 Å². The number of carbonyl (C=O) groups is 1. The van der Waals surface area contributed by atoms with Crippen LogP contribution in [0.4, 0.5) is 0 Å². The molecule has 3 aromatic rings. The van der Waals surface area contributed by atoms with Gasteiger partial charge in [-0.25, -0.2) is 8.42 Å². The molecule has 180 valence electrons. The molecule has 0 radical (unpaired) electrons. The molecular formula is C26H30N2O5S. The van der Waals surface area contributed by atoms with Crippen LogP contribution in [0.1, 0.15) is 23.6 Å². The lowest BCUT2D eigenvalue weighted by Gasteiger charge is -2.20. The van der Waals surface area contributed by atoms with E-state index in [0.29, 0.717) is 23.7 Å². The van der Waals surface area contributed by atoms with E-state index in [-0.39, 0.29) is 17.9 Å². The van der Waals surface area contributed by atoms with Gasteiger partial charge in [-0.3, -0.25) is 4.79 Å². The van der Waals surface area contributed by atoms with Crippen LogP contribution < -0.4 is 19.5 Å². The summed E-state index contributed by atoms with van der Waals surface area (Å²) in [7, 11) is -2.40. The van der Waals surface area contributed by atoms with Gasteiger partial charge in [-0.1, -0.05) is 48.5 Å². The second kappa shape index (κ2) is 11.7. The summed E-state index contributed by atoms with van der Waals surface area (Å²) in [5.74, 6) is 0.839. The molecule has 1 atom stereocenters. The largest absolute Gasteiger partial charge is 0.496 e. The molecule has 7 nitrogen and oxygen atoms in total. The smallest absolute Gasteiger partial charge is 0.241 e. The van der Waals surface area contributed by atoms with Gasteiger partial charge < -0.3 is 14.8 Å². The van der Waals surface area contributed by atoms with Crippen molar-refractivity contribution in [3.8, 4) is 11.5 Å². The molecule has 0 bridgehead atoms. The minimum atomic E-state index is -3.97. The highest BCUT2D eigenvalue weighted by atomic mass is 32.2. The van der Waals surface area contributed by atoms with Gasteiger partial charge in [-0.15, -0.1) is 0 Å². The Hall–Kier alpha value is -3.36. The molecule has 34 heavy (non-hydrogen) atoms. The van der Waals surface area contributed by atoms with Crippen LogP contribution in [-0.2, 0) is 27.8 Å². The summed E-state index contributed by atoms with van der Waals surface area (Å²) in [4.78, 5) is 13.2. The Morgan fingerprint density at radius 3 is 2.35 bits per heavy atom. The van der Waals surface area contributed by atoms with Gasteiger partial charge in [0.25, 0.3) is 0 Å². The first-order valence-electron chi connectivity index (χ1n) is 11.0. The molecule has 3 rings (SSSR count). The number of rotatable bonds is 11. The van der Waals surface area contributed by atoms with Gasteiger partial charge in [0.2, 0.25) is 15.9 Å². The predicted molar refractivity (Wildman–Crippen MR) is 131 cm³/mol. The normalized spacial score (nSPS) is 12.1. The number of amides is 1. The number of sulfonamides is 1. The van der Waals surface area contributed by atoms with Crippen molar-refractivity contribution in [2.75, 3.05) is 13.7 Å². The number of methoxy groups -OCH3 is 1. The highest BCUT2D eigenvalue weighted by Crippen LogP contribution is 2.22. The number of carbonyl (C=O) groups excluding carboxylic acids is 1. The minimum absolute atomic E-state index is 0.0732. The highest BCUT2D eigenvalue weighted by molar-refractivity contribution is 7.89. The summed E-state index contributed by atoms with van der Waals surface area (Å²) < 4.78 is 39.8. The number of hydrogen-bond acceptors (Lipinski definition) is 5. The molecule has 0 aliphatic heterocycles. The highest BCUT2D eigenvalue weighted by Gasteiger charge is 2.26. The van der Waals surface area contributed by atoms with E-state index in [1.807, 2.05) is 55.5 Å². The lowest BCUT2D eigenvalue weighted by atomic mass is 10.1. The van der Waals surface area contributed by atoms with Crippen LogP contribution in [0.15, 0.2) is 77.7 Å². The molecule has 0 spiro atoms. The quantitative estimate of drug-likeness (QED) is 0.436. The van der Waals surface area contributed by atoms with E-state index in [1.54, 1.807) is 32.2 Å². The fourth-order valence-electron chi connectivity index (χ4n) is 3.55. The third kappa shape index (κ3) is 6.59. The fourth-order valence-corrected chi connectivity index (χ4v) is 4.83. The van der Waals surface area contributed by atoms with Gasteiger partial charge >= 0.3 is 0 Å². The minimum Gasteiger partial charge on any atom is -0.496 e. The Kier molecular flexibility index (Phi) is 8.67. The Labute approximate surface area is 201 Å². The fraction of sp³-hybridized carbons (Fsp3) is 0.269. The zero-order valence-electron chi connectivity index (χ0n) is 19.6. The third-order valence-corrected chi connectivity index (χ3v) is 6.77. The molecule has 0 saturated carbocycles. The Morgan fingerprint density at radius 1 is 0.971 bits per heavy atom. The van der Waals surface area contributed by atoms with Crippen LogP contribution in [0, 0.1) is 6.92 Å². The number of benzene rings is 3. The number of aryl methyl sites for hydroxylation is 1. The number of ether oxygens (including phenoxy) is 2. The summed E-state index contributed by atoms with van der Waals surface area (Å²) in [5, 5.41) is 2.84. The summed E-state index contributed by atoms with van der Waals surface area (Å²) in [5.41, 5.74) is 2.33. The van der Waals surface area contributed by atoms with Crippen LogP contribution in [0.25, 0.3) is 0 Å². The van der Waals surface area contributed by atoms with Gasteiger partial charge in [-0.2, -0.15) is 4.72 Å². The van der Waals surface area contributed by atoms with Crippen LogP contribution >= 0.6 is 0 Å². The topological polar surface area (TPSA) is 93.7 Å². The molecule has 0 heterocycles. The van der Waals surface area contributed by atoms with Gasteiger partial charge in [0.15, 0.2) is 0 Å². The first-order valence-corrected chi connectivity index (χ1v) is 12.5. The first-order chi connectivity index (χ1) is 16.3. The van der Waals surface area contributed by atoms with Crippen LogP contribution in [0.2, 0.25) is 0 Å². The summed E-state index contributed by atoms with van der Waals surface area (Å²) >= 11 is 0. The second-order valence-electron chi connectivity index (χ2n) is 7.75. The SMILES string of the molecule is CCOc1ccc(S(=O)(=O)N[C@H](Cc2ccccc2)C(=O)NCc2ccccc2OC)cc1C.